The minimum Gasteiger partial charge on any atom is -0.297 e. The van der Waals surface area contributed by atoms with Crippen molar-refractivity contribution in [2.75, 3.05) is 0 Å². The van der Waals surface area contributed by atoms with Crippen molar-refractivity contribution in [2.24, 2.45) is 0 Å². The third-order valence-electron chi connectivity index (χ3n) is 2.29. The maximum atomic E-state index is 4.28. The summed E-state index contributed by atoms with van der Waals surface area (Å²) in [4.78, 5) is 12.3. The molecule has 15 heavy (non-hydrogen) atoms. The van der Waals surface area contributed by atoms with Gasteiger partial charge in [-0.2, -0.15) is 0 Å². The van der Waals surface area contributed by atoms with Crippen molar-refractivity contribution < 1.29 is 0 Å². The Balaban J connectivity index is 2.28. The lowest BCUT2D eigenvalue weighted by Crippen LogP contribution is -1.88. The molecule has 0 aliphatic heterocycles. The Morgan fingerprint density at radius 3 is 2.67 bits per heavy atom. The molecule has 3 aromatic rings. The van der Waals surface area contributed by atoms with Crippen molar-refractivity contribution in [3.05, 3.63) is 49.3 Å². The van der Waals surface area contributed by atoms with E-state index in [9.17, 15) is 0 Å². The van der Waals surface area contributed by atoms with E-state index in [1.54, 1.807) is 24.8 Å². The van der Waals surface area contributed by atoms with Gasteiger partial charge in [-0.1, -0.05) is 0 Å². The van der Waals surface area contributed by atoms with Crippen molar-refractivity contribution in [1.29, 1.82) is 0 Å². The summed E-state index contributed by atoms with van der Waals surface area (Å²) >= 11 is 0. The van der Waals surface area contributed by atoms with Crippen LogP contribution in [-0.2, 0) is 0 Å². The second-order valence-corrected chi connectivity index (χ2v) is 3.18. The molecule has 0 spiro atoms. The van der Waals surface area contributed by atoms with Gasteiger partial charge in [-0.05, 0) is 12.1 Å². The highest BCUT2D eigenvalue weighted by Gasteiger charge is 2.03. The number of hydrogen-bond acceptors (Lipinski definition) is 3. The molecule has 0 saturated heterocycles. The smallest absolute Gasteiger partial charge is 0.155 e. The molecule has 3 aromatic heterocycles. The fourth-order valence-electron chi connectivity index (χ4n) is 1.58. The van der Waals surface area contributed by atoms with Crippen molar-refractivity contribution in [3.8, 4) is 11.3 Å². The molecule has 3 rings (SSSR count). The Labute approximate surface area is 86.3 Å². The van der Waals surface area contributed by atoms with Crippen LogP contribution in [0.4, 0.5) is 0 Å². The fraction of sp³-hybridized carbons (Fsp3) is 0. The van der Waals surface area contributed by atoms with Crippen molar-refractivity contribution in [1.82, 2.24) is 19.4 Å². The van der Waals surface area contributed by atoms with E-state index in [0.717, 1.165) is 16.9 Å². The van der Waals surface area contributed by atoms with E-state index in [1.807, 2.05) is 28.9 Å². The minimum atomic E-state index is 0.851. The summed E-state index contributed by atoms with van der Waals surface area (Å²) in [6.45, 7) is 0. The van der Waals surface area contributed by atoms with Gasteiger partial charge >= 0.3 is 0 Å². The summed E-state index contributed by atoms with van der Waals surface area (Å²) in [6.07, 6.45) is 10.8. The Morgan fingerprint density at radius 2 is 1.80 bits per heavy atom. The average molecular weight is 196 g/mol. The molecule has 0 unspecified atom stereocenters. The van der Waals surface area contributed by atoms with Crippen LogP contribution in [0.15, 0.2) is 49.3 Å². The zero-order valence-corrected chi connectivity index (χ0v) is 7.91. The van der Waals surface area contributed by atoms with Crippen LogP contribution < -0.4 is 0 Å². The normalized spacial score (nSPS) is 10.7. The lowest BCUT2D eigenvalue weighted by atomic mass is 10.2. The summed E-state index contributed by atoms with van der Waals surface area (Å²) in [5.41, 5.74) is 3.00. The van der Waals surface area contributed by atoms with E-state index in [2.05, 4.69) is 15.0 Å². The van der Waals surface area contributed by atoms with E-state index >= 15 is 0 Å². The van der Waals surface area contributed by atoms with Crippen LogP contribution in [-0.4, -0.2) is 19.4 Å². The van der Waals surface area contributed by atoms with E-state index in [-0.39, 0.29) is 0 Å². The van der Waals surface area contributed by atoms with Gasteiger partial charge in [-0.25, -0.2) is 4.98 Å². The first-order valence-corrected chi connectivity index (χ1v) is 4.62. The van der Waals surface area contributed by atoms with Gasteiger partial charge in [0.15, 0.2) is 5.65 Å². The van der Waals surface area contributed by atoms with E-state index in [4.69, 9.17) is 0 Å². The molecule has 0 fully saturated rings. The maximum absolute atomic E-state index is 4.28. The molecule has 0 aliphatic carbocycles. The van der Waals surface area contributed by atoms with Crippen LogP contribution >= 0.6 is 0 Å². The molecular formula is C11H8N4. The molecule has 0 amide bonds. The number of hydrogen-bond donors (Lipinski definition) is 0. The summed E-state index contributed by atoms with van der Waals surface area (Å²) in [5.74, 6) is 0. The van der Waals surface area contributed by atoms with Gasteiger partial charge in [0.05, 0.1) is 18.1 Å². The molecule has 4 nitrogen and oxygen atoms in total. The molecule has 0 saturated carbocycles. The first-order valence-electron chi connectivity index (χ1n) is 4.62. The third kappa shape index (κ3) is 1.27. The van der Waals surface area contributed by atoms with Gasteiger partial charge in [-0.3, -0.25) is 14.4 Å². The summed E-state index contributed by atoms with van der Waals surface area (Å²) < 4.78 is 2.00. The van der Waals surface area contributed by atoms with Gasteiger partial charge in [0.2, 0.25) is 0 Å². The Kier molecular flexibility index (Phi) is 1.71. The lowest BCUT2D eigenvalue weighted by Gasteiger charge is -1.99. The zero-order valence-electron chi connectivity index (χ0n) is 7.91. The summed E-state index contributed by atoms with van der Waals surface area (Å²) in [5, 5.41) is 0. The molecular weight excluding hydrogens is 188 g/mol. The van der Waals surface area contributed by atoms with Crippen LogP contribution in [0.2, 0.25) is 0 Å². The maximum Gasteiger partial charge on any atom is 0.155 e. The molecule has 0 bridgehead atoms. The standard InChI is InChI=1S/C11H8N4/c1-3-12-4-2-9(1)10-7-14-11-8-13-5-6-15(10)11/h1-8H. The number of imidazole rings is 1. The highest BCUT2D eigenvalue weighted by Crippen LogP contribution is 2.18. The predicted molar refractivity (Wildman–Crippen MR) is 56.2 cm³/mol. The number of nitrogens with zero attached hydrogens (tertiary/aromatic N) is 4. The zero-order chi connectivity index (χ0) is 10.1. The number of fused-ring (bicyclic) bond motifs is 1. The molecule has 0 radical (unpaired) electrons. The van der Waals surface area contributed by atoms with Gasteiger partial charge < -0.3 is 0 Å². The highest BCUT2D eigenvalue weighted by molar-refractivity contribution is 5.62. The SMILES string of the molecule is c1cc(-c2cnc3cnccn23)ccn1. The third-order valence-corrected chi connectivity index (χ3v) is 2.29. The second kappa shape index (κ2) is 3.16. The Morgan fingerprint density at radius 1 is 0.933 bits per heavy atom. The molecule has 0 atom stereocenters. The first-order chi connectivity index (χ1) is 7.45. The van der Waals surface area contributed by atoms with Crippen LogP contribution in [0, 0.1) is 0 Å². The summed E-state index contributed by atoms with van der Waals surface area (Å²) in [7, 11) is 0. The molecule has 3 heterocycles. The largest absolute Gasteiger partial charge is 0.297 e. The number of pyridine rings is 1. The van der Waals surface area contributed by atoms with Crippen LogP contribution in [0.25, 0.3) is 16.9 Å². The van der Waals surface area contributed by atoms with Gasteiger partial charge in [0.1, 0.15) is 0 Å². The van der Waals surface area contributed by atoms with Crippen LogP contribution in [0.3, 0.4) is 0 Å². The topological polar surface area (TPSA) is 43.1 Å². The Hall–Kier alpha value is -2.23. The van der Waals surface area contributed by atoms with Gasteiger partial charge in [0, 0.05) is 30.4 Å². The minimum absolute atomic E-state index is 0.851. The summed E-state index contributed by atoms with van der Waals surface area (Å²) in [6, 6.07) is 3.92. The van der Waals surface area contributed by atoms with E-state index in [0.29, 0.717) is 0 Å². The molecule has 4 heteroatoms. The fourth-order valence-corrected chi connectivity index (χ4v) is 1.58. The second-order valence-electron chi connectivity index (χ2n) is 3.18. The van der Waals surface area contributed by atoms with Crippen molar-refractivity contribution in [2.45, 2.75) is 0 Å². The molecule has 0 aliphatic rings. The molecule has 0 aromatic carbocycles. The monoisotopic (exact) mass is 196 g/mol. The van der Waals surface area contributed by atoms with E-state index < -0.39 is 0 Å². The number of rotatable bonds is 1. The first kappa shape index (κ1) is 8.11. The van der Waals surface area contributed by atoms with Crippen molar-refractivity contribution >= 4 is 5.65 Å². The van der Waals surface area contributed by atoms with Crippen molar-refractivity contribution in [3.63, 3.8) is 0 Å². The van der Waals surface area contributed by atoms with Gasteiger partial charge in [0.25, 0.3) is 0 Å². The van der Waals surface area contributed by atoms with E-state index in [1.165, 1.54) is 0 Å². The van der Waals surface area contributed by atoms with Gasteiger partial charge in [-0.15, -0.1) is 0 Å². The number of aromatic nitrogens is 4. The quantitative estimate of drug-likeness (QED) is 0.596. The molecule has 0 N–H and O–H groups in total. The molecule has 72 valence electrons. The Bertz CT molecular complexity index is 586. The lowest BCUT2D eigenvalue weighted by molar-refractivity contribution is 1.13. The highest BCUT2D eigenvalue weighted by atomic mass is 15.0. The average Bonchev–Trinajstić information content (AvgIpc) is 2.74. The van der Waals surface area contributed by atoms with Crippen LogP contribution in [0.5, 0.6) is 0 Å². The predicted octanol–water partition coefficient (Wildman–Crippen LogP) is 1.79. The van der Waals surface area contributed by atoms with Crippen LogP contribution in [0.1, 0.15) is 0 Å².